The molecule has 0 unspecified atom stereocenters. The van der Waals surface area contributed by atoms with Crippen molar-refractivity contribution in [2.24, 2.45) is 5.92 Å². The summed E-state index contributed by atoms with van der Waals surface area (Å²) in [4.78, 5) is 47.4. The molecule has 0 saturated carbocycles. The molecule has 140 valence electrons. The van der Waals surface area contributed by atoms with E-state index in [2.05, 4.69) is 4.74 Å². The maximum atomic E-state index is 12.1. The molecule has 1 heterocycles. The van der Waals surface area contributed by atoms with E-state index < -0.39 is 29.1 Å². The smallest absolute Gasteiger partial charge is 0.345 e. The number of nitrogens with zero attached hydrogens (tertiary/aromatic N) is 2. The van der Waals surface area contributed by atoms with E-state index in [0.29, 0.717) is 25.9 Å². The highest BCUT2D eigenvalue weighted by molar-refractivity contribution is 6.31. The van der Waals surface area contributed by atoms with Crippen molar-refractivity contribution in [3.63, 3.8) is 0 Å². The van der Waals surface area contributed by atoms with Gasteiger partial charge in [-0.15, -0.1) is 0 Å². The molecule has 10 heteroatoms. The van der Waals surface area contributed by atoms with Crippen LogP contribution in [0.3, 0.4) is 0 Å². The zero-order valence-electron chi connectivity index (χ0n) is 14.0. The van der Waals surface area contributed by atoms with Crippen molar-refractivity contribution in [1.29, 1.82) is 0 Å². The van der Waals surface area contributed by atoms with Crippen LogP contribution < -0.4 is 0 Å². The van der Waals surface area contributed by atoms with Crippen LogP contribution in [-0.2, 0) is 19.1 Å². The zero-order chi connectivity index (χ0) is 19.3. The van der Waals surface area contributed by atoms with Crippen LogP contribution in [0.2, 0.25) is 5.02 Å². The third-order valence-electron chi connectivity index (χ3n) is 4.09. The van der Waals surface area contributed by atoms with Gasteiger partial charge in [-0.3, -0.25) is 19.7 Å². The number of halogens is 1. The zero-order valence-corrected chi connectivity index (χ0v) is 14.7. The summed E-state index contributed by atoms with van der Waals surface area (Å²) >= 11 is 5.69. The number of nitro benzene ring substituents is 1. The van der Waals surface area contributed by atoms with Crippen molar-refractivity contribution in [2.45, 2.75) is 12.8 Å². The van der Waals surface area contributed by atoms with Gasteiger partial charge in [-0.2, -0.15) is 0 Å². The number of hydrogen-bond donors (Lipinski definition) is 0. The molecule has 1 aromatic carbocycles. The second kappa shape index (κ2) is 8.61. The van der Waals surface area contributed by atoms with E-state index in [0.717, 1.165) is 6.07 Å². The summed E-state index contributed by atoms with van der Waals surface area (Å²) in [7, 11) is 1.31. The third kappa shape index (κ3) is 4.69. The largest absolute Gasteiger partial charge is 0.469 e. The second-order valence-electron chi connectivity index (χ2n) is 5.67. The highest BCUT2D eigenvalue weighted by atomic mass is 35.5. The van der Waals surface area contributed by atoms with Crippen LogP contribution in [0.5, 0.6) is 0 Å². The Bertz CT molecular complexity index is 729. The molecule has 0 atom stereocenters. The van der Waals surface area contributed by atoms with E-state index in [1.807, 2.05) is 0 Å². The van der Waals surface area contributed by atoms with Gasteiger partial charge < -0.3 is 14.4 Å². The van der Waals surface area contributed by atoms with Crippen molar-refractivity contribution in [3.05, 3.63) is 38.9 Å². The number of benzene rings is 1. The number of amides is 1. The number of ether oxygens (including phenoxy) is 2. The molecule has 1 fully saturated rings. The summed E-state index contributed by atoms with van der Waals surface area (Å²) in [6, 6.07) is 3.54. The second-order valence-corrected chi connectivity index (χ2v) is 6.11. The van der Waals surface area contributed by atoms with Gasteiger partial charge in [0.15, 0.2) is 6.61 Å². The molecule has 9 nitrogen and oxygen atoms in total. The predicted molar refractivity (Wildman–Crippen MR) is 89.7 cm³/mol. The van der Waals surface area contributed by atoms with Crippen LogP contribution in [0, 0.1) is 16.0 Å². The number of piperidine rings is 1. The van der Waals surface area contributed by atoms with Gasteiger partial charge >= 0.3 is 11.9 Å². The Labute approximate surface area is 154 Å². The number of carbonyl (C=O) groups excluding carboxylic acids is 3. The van der Waals surface area contributed by atoms with E-state index in [1.54, 1.807) is 0 Å². The Balaban J connectivity index is 1.91. The van der Waals surface area contributed by atoms with E-state index in [-0.39, 0.29) is 22.5 Å². The lowest BCUT2D eigenvalue weighted by Gasteiger charge is -2.30. The van der Waals surface area contributed by atoms with E-state index in [1.165, 1.54) is 24.1 Å². The first-order valence-corrected chi connectivity index (χ1v) is 8.18. The minimum atomic E-state index is -0.980. The van der Waals surface area contributed by atoms with E-state index >= 15 is 0 Å². The highest BCUT2D eigenvalue weighted by Crippen LogP contribution is 2.24. The lowest BCUT2D eigenvalue weighted by molar-refractivity contribution is -0.385. The molecule has 26 heavy (non-hydrogen) atoms. The van der Waals surface area contributed by atoms with Gasteiger partial charge in [0.2, 0.25) is 0 Å². The first kappa shape index (κ1) is 19.6. The summed E-state index contributed by atoms with van der Waals surface area (Å²) in [5.74, 6) is -1.97. The molecule has 2 rings (SSSR count). The average molecular weight is 385 g/mol. The Morgan fingerprint density at radius 1 is 1.31 bits per heavy atom. The molecule has 1 amide bonds. The van der Waals surface area contributed by atoms with Gasteiger partial charge in [0.05, 0.1) is 18.0 Å². The lowest BCUT2D eigenvalue weighted by Crippen LogP contribution is -2.42. The molecule has 0 N–H and O–H groups in total. The summed E-state index contributed by atoms with van der Waals surface area (Å²) in [6.07, 6.45) is 0.935. The quantitative estimate of drug-likeness (QED) is 0.431. The molecular formula is C16H17ClN2O7. The maximum Gasteiger partial charge on any atom is 0.345 e. The fourth-order valence-corrected chi connectivity index (χ4v) is 2.82. The van der Waals surface area contributed by atoms with Gasteiger partial charge in [0.1, 0.15) is 5.56 Å². The topological polar surface area (TPSA) is 116 Å². The van der Waals surface area contributed by atoms with Crippen molar-refractivity contribution < 1.29 is 28.8 Å². The molecule has 0 aromatic heterocycles. The summed E-state index contributed by atoms with van der Waals surface area (Å²) in [5, 5.41) is 11.1. The van der Waals surface area contributed by atoms with Crippen LogP contribution in [0.15, 0.2) is 18.2 Å². The number of esters is 2. The van der Waals surface area contributed by atoms with Crippen LogP contribution in [0.4, 0.5) is 5.69 Å². The molecule has 0 aliphatic carbocycles. The molecule has 0 spiro atoms. The molecule has 1 saturated heterocycles. The van der Waals surface area contributed by atoms with Gasteiger partial charge in [0, 0.05) is 24.2 Å². The van der Waals surface area contributed by atoms with Crippen LogP contribution >= 0.6 is 11.6 Å². The van der Waals surface area contributed by atoms with Crippen LogP contribution in [0.25, 0.3) is 0 Å². The summed E-state index contributed by atoms with van der Waals surface area (Å²) < 4.78 is 9.58. The SMILES string of the molecule is COC(=O)C1CCN(C(=O)COC(=O)c2ccc(Cl)cc2[N+](=O)[O-])CC1. The van der Waals surface area contributed by atoms with Crippen molar-refractivity contribution in [2.75, 3.05) is 26.8 Å². The first-order chi connectivity index (χ1) is 12.3. The Hall–Kier alpha value is -2.68. The van der Waals surface area contributed by atoms with Gasteiger partial charge in [-0.25, -0.2) is 4.79 Å². The molecule has 1 aromatic rings. The summed E-state index contributed by atoms with van der Waals surface area (Å²) in [5.41, 5.74) is -0.773. The molecule has 0 bridgehead atoms. The minimum Gasteiger partial charge on any atom is -0.469 e. The predicted octanol–water partition coefficient (Wildman–Crippen LogP) is 1.82. The number of rotatable bonds is 5. The lowest BCUT2D eigenvalue weighted by atomic mass is 9.97. The fraction of sp³-hybridized carbons (Fsp3) is 0.438. The van der Waals surface area contributed by atoms with Gasteiger partial charge in [-0.05, 0) is 25.0 Å². The number of hydrogen-bond acceptors (Lipinski definition) is 7. The first-order valence-electron chi connectivity index (χ1n) is 7.80. The maximum absolute atomic E-state index is 12.1. The number of nitro groups is 1. The Morgan fingerprint density at radius 3 is 2.54 bits per heavy atom. The van der Waals surface area contributed by atoms with E-state index in [9.17, 15) is 24.5 Å². The molecule has 1 aliphatic heterocycles. The monoisotopic (exact) mass is 384 g/mol. The number of methoxy groups -OCH3 is 1. The Morgan fingerprint density at radius 2 is 1.96 bits per heavy atom. The van der Waals surface area contributed by atoms with Crippen molar-refractivity contribution in [1.82, 2.24) is 4.90 Å². The number of carbonyl (C=O) groups is 3. The molecular weight excluding hydrogens is 368 g/mol. The number of likely N-dealkylation sites (tertiary alicyclic amines) is 1. The molecule has 1 aliphatic rings. The summed E-state index contributed by atoms with van der Waals surface area (Å²) in [6.45, 7) is 0.149. The van der Waals surface area contributed by atoms with Crippen molar-refractivity contribution in [3.8, 4) is 0 Å². The standard InChI is InChI=1S/C16H17ClN2O7/c1-25-15(21)10-4-6-18(7-5-10)14(20)9-26-16(22)12-3-2-11(17)8-13(12)19(23)24/h2-3,8,10H,4-7,9H2,1H3. The Kier molecular flexibility index (Phi) is 6.51. The van der Waals surface area contributed by atoms with E-state index in [4.69, 9.17) is 16.3 Å². The minimum absolute atomic E-state index is 0.109. The van der Waals surface area contributed by atoms with Gasteiger partial charge in [0.25, 0.3) is 11.6 Å². The normalized spacial score (nSPS) is 14.6. The van der Waals surface area contributed by atoms with Gasteiger partial charge in [-0.1, -0.05) is 11.6 Å². The highest BCUT2D eigenvalue weighted by Gasteiger charge is 2.29. The third-order valence-corrected chi connectivity index (χ3v) is 4.32. The average Bonchev–Trinajstić information content (AvgIpc) is 2.65. The fourth-order valence-electron chi connectivity index (χ4n) is 2.66. The van der Waals surface area contributed by atoms with Crippen LogP contribution in [-0.4, -0.2) is 54.5 Å². The van der Waals surface area contributed by atoms with Crippen molar-refractivity contribution >= 4 is 35.1 Å². The molecule has 0 radical (unpaired) electrons. The van der Waals surface area contributed by atoms with Crippen LogP contribution in [0.1, 0.15) is 23.2 Å².